The lowest BCUT2D eigenvalue weighted by atomic mass is 10.1. The number of rotatable bonds is 10. The summed E-state index contributed by atoms with van der Waals surface area (Å²) in [6.07, 6.45) is 10.00. The largest absolute Gasteiger partial charge is 0.363 e. The molecule has 0 aromatic heterocycles. The Balaban J connectivity index is 1.73. The van der Waals surface area contributed by atoms with Crippen molar-refractivity contribution in [1.82, 2.24) is 10.2 Å². The first-order chi connectivity index (χ1) is 11.2. The van der Waals surface area contributed by atoms with E-state index in [0.717, 1.165) is 36.5 Å². The molecule has 0 spiro atoms. The molecule has 0 bridgehead atoms. The third-order valence-electron chi connectivity index (χ3n) is 4.35. The molecule has 1 aliphatic carbocycles. The molecular weight excluding hydrogens is 307 g/mol. The van der Waals surface area contributed by atoms with E-state index in [1.165, 1.54) is 38.2 Å². The minimum Gasteiger partial charge on any atom is -0.363 e. The normalized spacial score (nSPS) is 13.8. The molecule has 4 heteroatoms. The van der Waals surface area contributed by atoms with Crippen LogP contribution >= 0.6 is 12.2 Å². The Morgan fingerprint density at radius 3 is 2.57 bits per heavy atom. The van der Waals surface area contributed by atoms with Crippen molar-refractivity contribution < 1.29 is 4.39 Å². The number of thiocarbonyl (C=S) groups is 1. The molecule has 2 nitrogen and oxygen atoms in total. The van der Waals surface area contributed by atoms with Crippen LogP contribution in [0.5, 0.6) is 0 Å². The Morgan fingerprint density at radius 2 is 1.87 bits per heavy atom. The van der Waals surface area contributed by atoms with Gasteiger partial charge in [0.1, 0.15) is 5.82 Å². The second kappa shape index (κ2) is 9.86. The summed E-state index contributed by atoms with van der Waals surface area (Å²) in [6.45, 7) is 3.73. The van der Waals surface area contributed by atoms with E-state index in [0.29, 0.717) is 12.6 Å². The third kappa shape index (κ3) is 6.46. The molecule has 0 aliphatic heterocycles. The van der Waals surface area contributed by atoms with E-state index >= 15 is 0 Å². The molecule has 0 radical (unpaired) electrons. The van der Waals surface area contributed by atoms with Crippen molar-refractivity contribution >= 4 is 17.3 Å². The zero-order valence-electron chi connectivity index (χ0n) is 14.2. The zero-order valence-corrected chi connectivity index (χ0v) is 15.0. The van der Waals surface area contributed by atoms with Crippen molar-refractivity contribution in [3.05, 3.63) is 35.6 Å². The van der Waals surface area contributed by atoms with Crippen LogP contribution < -0.4 is 5.32 Å². The van der Waals surface area contributed by atoms with Gasteiger partial charge in [0.25, 0.3) is 0 Å². The fraction of sp³-hybridized carbons (Fsp3) is 0.632. The quantitative estimate of drug-likeness (QED) is 0.477. The van der Waals surface area contributed by atoms with Gasteiger partial charge in [-0.3, -0.25) is 0 Å². The first kappa shape index (κ1) is 18.2. The van der Waals surface area contributed by atoms with Crippen LogP contribution in [0.1, 0.15) is 63.9 Å². The number of hydrogen-bond acceptors (Lipinski definition) is 1. The highest BCUT2D eigenvalue weighted by Gasteiger charge is 2.31. The molecule has 1 saturated carbocycles. The van der Waals surface area contributed by atoms with Crippen LogP contribution in [0.3, 0.4) is 0 Å². The van der Waals surface area contributed by atoms with Gasteiger partial charge in [-0.25, -0.2) is 4.39 Å². The van der Waals surface area contributed by atoms with Gasteiger partial charge in [-0.05, 0) is 37.5 Å². The van der Waals surface area contributed by atoms with Crippen molar-refractivity contribution in [2.24, 2.45) is 0 Å². The number of nitrogens with one attached hydrogen (secondary N) is 1. The van der Waals surface area contributed by atoms with Gasteiger partial charge in [0.2, 0.25) is 0 Å². The molecule has 1 aromatic carbocycles. The van der Waals surface area contributed by atoms with Crippen molar-refractivity contribution in [1.29, 1.82) is 0 Å². The molecule has 0 heterocycles. The highest BCUT2D eigenvalue weighted by atomic mass is 32.1. The summed E-state index contributed by atoms with van der Waals surface area (Å²) >= 11 is 5.55. The molecule has 23 heavy (non-hydrogen) atoms. The summed E-state index contributed by atoms with van der Waals surface area (Å²) in [7, 11) is 0. The molecule has 0 amide bonds. The lowest BCUT2D eigenvalue weighted by molar-refractivity contribution is 0.386. The Morgan fingerprint density at radius 1 is 1.17 bits per heavy atom. The van der Waals surface area contributed by atoms with Gasteiger partial charge in [0.15, 0.2) is 5.11 Å². The van der Waals surface area contributed by atoms with Crippen LogP contribution in [-0.4, -0.2) is 22.6 Å². The van der Waals surface area contributed by atoms with E-state index in [1.807, 2.05) is 12.1 Å². The van der Waals surface area contributed by atoms with E-state index < -0.39 is 0 Å². The lowest BCUT2D eigenvalue weighted by Gasteiger charge is -2.26. The van der Waals surface area contributed by atoms with E-state index in [2.05, 4.69) is 17.1 Å². The Hall–Kier alpha value is -1.16. The van der Waals surface area contributed by atoms with Crippen LogP contribution in [0.15, 0.2) is 24.3 Å². The minimum absolute atomic E-state index is 0.142. The lowest BCUT2D eigenvalue weighted by Crippen LogP contribution is -2.41. The molecule has 0 atom stereocenters. The number of benzene rings is 1. The fourth-order valence-electron chi connectivity index (χ4n) is 2.77. The maximum atomic E-state index is 13.9. The summed E-state index contributed by atoms with van der Waals surface area (Å²) in [5.41, 5.74) is 0.725. The summed E-state index contributed by atoms with van der Waals surface area (Å²) < 4.78 is 13.9. The molecule has 2 rings (SSSR count). The zero-order chi connectivity index (χ0) is 16.5. The number of nitrogens with zero attached hydrogens (tertiary/aromatic N) is 1. The topological polar surface area (TPSA) is 15.3 Å². The molecule has 128 valence electrons. The van der Waals surface area contributed by atoms with Gasteiger partial charge in [0.05, 0.1) is 0 Å². The van der Waals surface area contributed by atoms with Crippen molar-refractivity contribution in [3.63, 3.8) is 0 Å². The van der Waals surface area contributed by atoms with Gasteiger partial charge in [-0.2, -0.15) is 0 Å². The van der Waals surface area contributed by atoms with Crippen molar-refractivity contribution in [2.75, 3.05) is 6.54 Å². The average Bonchev–Trinajstić information content (AvgIpc) is 3.38. The van der Waals surface area contributed by atoms with E-state index in [1.54, 1.807) is 6.07 Å². The average molecular weight is 337 g/mol. The van der Waals surface area contributed by atoms with Crippen LogP contribution in [0.4, 0.5) is 4.39 Å². The molecular formula is C19H29FN2S. The third-order valence-corrected chi connectivity index (χ3v) is 4.73. The first-order valence-electron chi connectivity index (χ1n) is 9.00. The van der Waals surface area contributed by atoms with Gasteiger partial charge in [-0.15, -0.1) is 0 Å². The Kier molecular flexibility index (Phi) is 7.80. The number of unbranched alkanes of at least 4 members (excludes halogenated alkanes) is 5. The molecule has 0 unspecified atom stereocenters. The van der Waals surface area contributed by atoms with E-state index in [4.69, 9.17) is 12.2 Å². The maximum Gasteiger partial charge on any atom is 0.169 e. The first-order valence-corrected chi connectivity index (χ1v) is 9.41. The molecule has 1 N–H and O–H groups in total. The molecule has 1 aromatic rings. The smallest absolute Gasteiger partial charge is 0.169 e. The van der Waals surface area contributed by atoms with E-state index in [-0.39, 0.29) is 5.82 Å². The van der Waals surface area contributed by atoms with Gasteiger partial charge in [0, 0.05) is 24.7 Å². The fourth-order valence-corrected chi connectivity index (χ4v) is 3.08. The van der Waals surface area contributed by atoms with Crippen molar-refractivity contribution in [3.8, 4) is 0 Å². The second-order valence-electron chi connectivity index (χ2n) is 6.45. The highest BCUT2D eigenvalue weighted by Crippen LogP contribution is 2.28. The summed E-state index contributed by atoms with van der Waals surface area (Å²) in [5, 5.41) is 4.15. The molecule has 0 saturated heterocycles. The highest BCUT2D eigenvalue weighted by molar-refractivity contribution is 7.80. The standard InChI is InChI=1S/C19H29FN2S/c1-2-3-4-5-6-9-14-21-19(23)22(17-12-13-17)15-16-10-7-8-11-18(16)20/h7-8,10-11,17H,2-6,9,12-15H2,1H3,(H,21,23). The van der Waals surface area contributed by atoms with Crippen LogP contribution in [0.25, 0.3) is 0 Å². The SMILES string of the molecule is CCCCCCCCNC(=S)N(Cc1ccccc1F)C1CC1. The van der Waals surface area contributed by atoms with Gasteiger partial charge >= 0.3 is 0 Å². The van der Waals surface area contributed by atoms with E-state index in [9.17, 15) is 4.39 Å². The second-order valence-corrected chi connectivity index (χ2v) is 6.84. The monoisotopic (exact) mass is 336 g/mol. The summed E-state index contributed by atoms with van der Waals surface area (Å²) in [5.74, 6) is -0.142. The maximum absolute atomic E-state index is 13.9. The number of halogens is 1. The summed E-state index contributed by atoms with van der Waals surface area (Å²) in [6, 6.07) is 7.47. The Labute approximate surface area is 145 Å². The predicted octanol–water partition coefficient (Wildman–Crippen LogP) is 5.03. The van der Waals surface area contributed by atoms with Crippen LogP contribution in [-0.2, 0) is 6.54 Å². The Bertz CT molecular complexity index is 488. The van der Waals surface area contributed by atoms with Crippen LogP contribution in [0.2, 0.25) is 0 Å². The summed E-state index contributed by atoms with van der Waals surface area (Å²) in [4.78, 5) is 2.16. The molecule has 1 fully saturated rings. The minimum atomic E-state index is -0.142. The number of hydrogen-bond donors (Lipinski definition) is 1. The van der Waals surface area contributed by atoms with Crippen LogP contribution in [0, 0.1) is 5.82 Å². The predicted molar refractivity (Wildman–Crippen MR) is 98.9 cm³/mol. The van der Waals surface area contributed by atoms with Crippen molar-refractivity contribution in [2.45, 2.75) is 70.9 Å². The van der Waals surface area contributed by atoms with Gasteiger partial charge < -0.3 is 10.2 Å². The molecule has 1 aliphatic rings. The van der Waals surface area contributed by atoms with Gasteiger partial charge in [-0.1, -0.05) is 57.2 Å².